The Kier molecular flexibility index (Phi) is 5.45. The maximum Gasteiger partial charge on any atom is 0.253 e. The number of likely N-dealkylation sites (tertiary alicyclic amines) is 2. The Morgan fingerprint density at radius 2 is 1.70 bits per heavy atom. The van der Waals surface area contributed by atoms with Gasteiger partial charge in [-0.1, -0.05) is 18.2 Å². The molecular formula is C21H29N3O3. The fourth-order valence-electron chi connectivity index (χ4n) is 4.41. The van der Waals surface area contributed by atoms with Crippen molar-refractivity contribution in [2.75, 3.05) is 50.8 Å². The number of piperidine rings is 2. The second kappa shape index (κ2) is 7.98. The van der Waals surface area contributed by atoms with Gasteiger partial charge in [0.1, 0.15) is 6.61 Å². The van der Waals surface area contributed by atoms with Crippen molar-refractivity contribution in [3.63, 3.8) is 0 Å². The first kappa shape index (κ1) is 18.4. The van der Waals surface area contributed by atoms with E-state index < -0.39 is 0 Å². The SMILES string of the molecule is O=C(CN1CCC2(CC1)CN(c1ccccc1)C(=O)CO2)N1CCCCC1. The maximum absolute atomic E-state index is 12.5. The molecule has 1 aromatic rings. The van der Waals surface area contributed by atoms with Gasteiger partial charge in [-0.05, 0) is 44.2 Å². The van der Waals surface area contributed by atoms with Crippen molar-refractivity contribution >= 4 is 17.5 Å². The lowest BCUT2D eigenvalue weighted by molar-refractivity contribution is -0.146. The van der Waals surface area contributed by atoms with Gasteiger partial charge in [-0.3, -0.25) is 14.5 Å². The largest absolute Gasteiger partial charge is 0.363 e. The Labute approximate surface area is 161 Å². The second-order valence-electron chi connectivity index (χ2n) is 8.00. The topological polar surface area (TPSA) is 53.1 Å². The molecular weight excluding hydrogens is 342 g/mol. The van der Waals surface area contributed by atoms with Crippen molar-refractivity contribution in [3.05, 3.63) is 30.3 Å². The van der Waals surface area contributed by atoms with E-state index in [1.807, 2.05) is 40.1 Å². The molecule has 0 saturated carbocycles. The van der Waals surface area contributed by atoms with Crippen molar-refractivity contribution in [1.82, 2.24) is 9.80 Å². The normalized spacial score (nSPS) is 23.6. The van der Waals surface area contributed by atoms with Crippen molar-refractivity contribution in [1.29, 1.82) is 0 Å². The minimum atomic E-state index is -0.283. The van der Waals surface area contributed by atoms with Crippen LogP contribution >= 0.6 is 0 Å². The van der Waals surface area contributed by atoms with Crippen molar-refractivity contribution in [3.8, 4) is 0 Å². The van der Waals surface area contributed by atoms with Crippen LogP contribution in [0, 0.1) is 0 Å². The Hall–Kier alpha value is -1.92. The van der Waals surface area contributed by atoms with Crippen molar-refractivity contribution in [2.24, 2.45) is 0 Å². The van der Waals surface area contributed by atoms with E-state index >= 15 is 0 Å². The molecule has 3 fully saturated rings. The molecule has 1 spiro atoms. The van der Waals surface area contributed by atoms with E-state index in [0.717, 1.165) is 57.5 Å². The van der Waals surface area contributed by atoms with Crippen LogP contribution in [0.1, 0.15) is 32.1 Å². The van der Waals surface area contributed by atoms with Gasteiger partial charge in [-0.15, -0.1) is 0 Å². The van der Waals surface area contributed by atoms with Gasteiger partial charge < -0.3 is 14.5 Å². The average molecular weight is 371 g/mol. The Balaban J connectivity index is 1.33. The first-order valence-electron chi connectivity index (χ1n) is 10.1. The van der Waals surface area contributed by atoms with Crippen LogP contribution in [0.4, 0.5) is 5.69 Å². The molecule has 3 aliphatic rings. The fraction of sp³-hybridized carbons (Fsp3) is 0.619. The lowest BCUT2D eigenvalue weighted by atomic mass is 9.89. The number of hydrogen-bond acceptors (Lipinski definition) is 4. The monoisotopic (exact) mass is 371 g/mol. The lowest BCUT2D eigenvalue weighted by Gasteiger charge is -2.47. The van der Waals surface area contributed by atoms with Gasteiger partial charge >= 0.3 is 0 Å². The number of benzene rings is 1. The number of hydrogen-bond donors (Lipinski definition) is 0. The number of ether oxygens (including phenoxy) is 1. The van der Waals surface area contributed by atoms with E-state index in [0.29, 0.717) is 13.1 Å². The predicted octanol–water partition coefficient (Wildman–Crippen LogP) is 1.90. The number of morpholine rings is 1. The number of rotatable bonds is 3. The highest BCUT2D eigenvalue weighted by Crippen LogP contribution is 2.32. The third kappa shape index (κ3) is 4.17. The van der Waals surface area contributed by atoms with Crippen LogP contribution in [0.2, 0.25) is 0 Å². The summed E-state index contributed by atoms with van der Waals surface area (Å²) in [5.74, 6) is 0.283. The smallest absolute Gasteiger partial charge is 0.253 e. The highest BCUT2D eigenvalue weighted by Gasteiger charge is 2.43. The van der Waals surface area contributed by atoms with E-state index in [2.05, 4.69) is 4.90 Å². The Bertz CT molecular complexity index is 665. The molecule has 27 heavy (non-hydrogen) atoms. The van der Waals surface area contributed by atoms with Crippen LogP contribution < -0.4 is 4.90 Å². The van der Waals surface area contributed by atoms with Crippen molar-refractivity contribution < 1.29 is 14.3 Å². The van der Waals surface area contributed by atoms with Gasteiger partial charge in [0.05, 0.1) is 18.7 Å². The zero-order valence-corrected chi connectivity index (χ0v) is 15.9. The van der Waals surface area contributed by atoms with Crippen LogP contribution in [0.15, 0.2) is 30.3 Å². The number of carbonyl (C=O) groups excluding carboxylic acids is 2. The van der Waals surface area contributed by atoms with E-state index in [1.54, 1.807) is 0 Å². The van der Waals surface area contributed by atoms with Gasteiger partial charge in [-0.25, -0.2) is 0 Å². The number of amides is 2. The summed E-state index contributed by atoms with van der Waals surface area (Å²) in [6.07, 6.45) is 5.22. The molecule has 3 saturated heterocycles. The summed E-state index contributed by atoms with van der Waals surface area (Å²) in [6.45, 7) is 4.76. The van der Waals surface area contributed by atoms with Gasteiger partial charge in [-0.2, -0.15) is 0 Å². The van der Waals surface area contributed by atoms with E-state index in [9.17, 15) is 9.59 Å². The zero-order valence-electron chi connectivity index (χ0n) is 15.9. The molecule has 1 aromatic carbocycles. The molecule has 0 radical (unpaired) electrons. The molecule has 0 atom stereocenters. The van der Waals surface area contributed by atoms with Crippen LogP contribution in [0.25, 0.3) is 0 Å². The zero-order chi connectivity index (χ0) is 18.7. The third-order valence-corrected chi connectivity index (χ3v) is 6.15. The third-order valence-electron chi connectivity index (χ3n) is 6.15. The quantitative estimate of drug-likeness (QED) is 0.814. The lowest BCUT2D eigenvalue weighted by Crippen LogP contribution is -2.59. The summed E-state index contributed by atoms with van der Waals surface area (Å²) in [7, 11) is 0. The first-order chi connectivity index (χ1) is 13.2. The fourth-order valence-corrected chi connectivity index (χ4v) is 4.41. The molecule has 3 aliphatic heterocycles. The highest BCUT2D eigenvalue weighted by atomic mass is 16.5. The minimum Gasteiger partial charge on any atom is -0.363 e. The molecule has 3 heterocycles. The second-order valence-corrected chi connectivity index (χ2v) is 8.00. The van der Waals surface area contributed by atoms with Crippen molar-refractivity contribution in [2.45, 2.75) is 37.7 Å². The Morgan fingerprint density at radius 1 is 1.00 bits per heavy atom. The Morgan fingerprint density at radius 3 is 2.41 bits per heavy atom. The summed E-state index contributed by atoms with van der Waals surface area (Å²) in [4.78, 5) is 31.0. The summed E-state index contributed by atoms with van der Waals surface area (Å²) < 4.78 is 6.03. The molecule has 6 heteroatoms. The summed E-state index contributed by atoms with van der Waals surface area (Å²) >= 11 is 0. The first-order valence-corrected chi connectivity index (χ1v) is 10.1. The maximum atomic E-state index is 12.5. The van der Waals surface area contributed by atoms with E-state index in [1.165, 1.54) is 6.42 Å². The average Bonchev–Trinajstić information content (AvgIpc) is 2.73. The van der Waals surface area contributed by atoms with Crippen LogP contribution in [-0.4, -0.2) is 73.1 Å². The standard InChI is InChI=1S/C21H29N3O3/c25-19(23-11-5-2-6-12-23)15-22-13-9-21(10-14-22)17-24(20(26)16-27-21)18-7-3-1-4-8-18/h1,3-4,7-8H,2,5-6,9-17H2. The molecule has 0 bridgehead atoms. The van der Waals surface area contributed by atoms with Gasteiger partial charge in [0.15, 0.2) is 0 Å². The number of nitrogens with zero attached hydrogens (tertiary/aromatic N) is 3. The summed E-state index contributed by atoms with van der Waals surface area (Å²) in [5, 5.41) is 0. The molecule has 0 aliphatic carbocycles. The molecule has 4 rings (SSSR count). The molecule has 146 valence electrons. The van der Waals surface area contributed by atoms with E-state index in [-0.39, 0.29) is 24.0 Å². The minimum absolute atomic E-state index is 0.0227. The van der Waals surface area contributed by atoms with Crippen LogP contribution in [0.5, 0.6) is 0 Å². The highest BCUT2D eigenvalue weighted by molar-refractivity contribution is 5.95. The number of para-hydroxylation sites is 1. The number of carbonyl (C=O) groups is 2. The van der Waals surface area contributed by atoms with E-state index in [4.69, 9.17) is 4.74 Å². The molecule has 6 nitrogen and oxygen atoms in total. The molecule has 0 N–H and O–H groups in total. The molecule has 0 aromatic heterocycles. The molecule has 0 unspecified atom stereocenters. The van der Waals surface area contributed by atoms with Gasteiger partial charge in [0.25, 0.3) is 5.91 Å². The summed E-state index contributed by atoms with van der Waals surface area (Å²) in [5.41, 5.74) is 0.655. The molecule has 2 amide bonds. The van der Waals surface area contributed by atoms with Gasteiger partial charge in [0.2, 0.25) is 5.91 Å². The van der Waals surface area contributed by atoms with Crippen LogP contribution in [0.3, 0.4) is 0 Å². The predicted molar refractivity (Wildman–Crippen MR) is 104 cm³/mol. The van der Waals surface area contributed by atoms with Crippen LogP contribution in [-0.2, 0) is 14.3 Å². The summed E-state index contributed by atoms with van der Waals surface area (Å²) in [6, 6.07) is 9.83. The number of anilines is 1. The van der Waals surface area contributed by atoms with Gasteiger partial charge in [0, 0.05) is 31.9 Å².